The number of amides is 1. The number of carbonyl (C=O) groups is 1. The maximum absolute atomic E-state index is 11.9. The Labute approximate surface area is 127 Å². The van der Waals surface area contributed by atoms with Crippen molar-refractivity contribution in [2.24, 2.45) is 11.7 Å². The van der Waals surface area contributed by atoms with E-state index in [2.05, 4.69) is 17.2 Å². The molecule has 0 fully saturated rings. The normalized spacial score (nSPS) is 12.6. The van der Waals surface area contributed by atoms with E-state index in [-0.39, 0.29) is 5.91 Å². The van der Waals surface area contributed by atoms with Gasteiger partial charge in [-0.25, -0.2) is 4.98 Å². The number of thiazole rings is 1. The number of nitrogens with two attached hydrogens (primary N) is 1. The van der Waals surface area contributed by atoms with Gasteiger partial charge in [-0.3, -0.25) is 4.79 Å². The summed E-state index contributed by atoms with van der Waals surface area (Å²) in [4.78, 5) is 16.3. The SMILES string of the molecule is CSc1nc2ccc(NC(=O)CCC(C)CN)cc2s1. The maximum atomic E-state index is 11.9. The van der Waals surface area contributed by atoms with Crippen molar-refractivity contribution >= 4 is 44.9 Å². The van der Waals surface area contributed by atoms with Crippen LogP contribution in [0.5, 0.6) is 0 Å². The second-order valence-electron chi connectivity index (χ2n) is 4.79. The van der Waals surface area contributed by atoms with E-state index in [4.69, 9.17) is 5.73 Å². The predicted molar refractivity (Wildman–Crippen MR) is 87.5 cm³/mol. The van der Waals surface area contributed by atoms with Gasteiger partial charge >= 0.3 is 0 Å². The lowest BCUT2D eigenvalue weighted by Gasteiger charge is -2.08. The zero-order chi connectivity index (χ0) is 14.5. The molecule has 3 N–H and O–H groups in total. The Bertz CT molecular complexity index is 597. The summed E-state index contributed by atoms with van der Waals surface area (Å²) in [7, 11) is 0. The molecule has 0 saturated carbocycles. The summed E-state index contributed by atoms with van der Waals surface area (Å²) in [5, 5.41) is 2.93. The number of benzene rings is 1. The molecule has 2 rings (SSSR count). The summed E-state index contributed by atoms with van der Waals surface area (Å²) in [6.45, 7) is 2.68. The van der Waals surface area contributed by atoms with Crippen LogP contribution in [0.15, 0.2) is 22.5 Å². The van der Waals surface area contributed by atoms with E-state index in [1.807, 2.05) is 24.5 Å². The van der Waals surface area contributed by atoms with Gasteiger partial charge in [0.15, 0.2) is 4.34 Å². The molecule has 1 amide bonds. The minimum Gasteiger partial charge on any atom is -0.330 e. The van der Waals surface area contributed by atoms with Gasteiger partial charge in [0.2, 0.25) is 5.91 Å². The molecule has 0 spiro atoms. The summed E-state index contributed by atoms with van der Waals surface area (Å²) in [6.07, 6.45) is 3.34. The number of hydrogen-bond donors (Lipinski definition) is 2. The molecule has 2 aromatic rings. The van der Waals surface area contributed by atoms with Crippen LogP contribution in [0.2, 0.25) is 0 Å². The number of rotatable bonds is 6. The van der Waals surface area contributed by atoms with E-state index < -0.39 is 0 Å². The molecule has 1 aromatic heterocycles. The highest BCUT2D eigenvalue weighted by Gasteiger charge is 2.08. The molecule has 6 heteroatoms. The molecular weight excluding hydrogens is 290 g/mol. The van der Waals surface area contributed by atoms with E-state index in [0.717, 1.165) is 26.7 Å². The Hall–Kier alpha value is -1.11. The lowest BCUT2D eigenvalue weighted by atomic mass is 10.1. The second-order valence-corrected chi connectivity index (χ2v) is 6.88. The fourth-order valence-electron chi connectivity index (χ4n) is 1.79. The molecule has 108 valence electrons. The van der Waals surface area contributed by atoms with Crippen LogP contribution in [-0.2, 0) is 4.79 Å². The van der Waals surface area contributed by atoms with Gasteiger partial charge < -0.3 is 11.1 Å². The van der Waals surface area contributed by atoms with Gasteiger partial charge in [-0.2, -0.15) is 0 Å². The average Bonchev–Trinajstić information content (AvgIpc) is 2.87. The van der Waals surface area contributed by atoms with Crippen molar-refractivity contribution in [3.8, 4) is 0 Å². The molecule has 0 aliphatic carbocycles. The highest BCUT2D eigenvalue weighted by molar-refractivity contribution is 8.00. The van der Waals surface area contributed by atoms with E-state index in [9.17, 15) is 4.79 Å². The van der Waals surface area contributed by atoms with Gasteiger partial charge in [0.1, 0.15) is 0 Å². The van der Waals surface area contributed by atoms with Crippen LogP contribution in [-0.4, -0.2) is 23.7 Å². The monoisotopic (exact) mass is 309 g/mol. The highest BCUT2D eigenvalue weighted by Crippen LogP contribution is 2.30. The van der Waals surface area contributed by atoms with E-state index in [1.54, 1.807) is 23.1 Å². The molecule has 0 saturated heterocycles. The van der Waals surface area contributed by atoms with Crippen LogP contribution in [0.4, 0.5) is 5.69 Å². The Morgan fingerprint density at radius 3 is 3.05 bits per heavy atom. The number of carbonyl (C=O) groups excluding carboxylic acids is 1. The highest BCUT2D eigenvalue weighted by atomic mass is 32.2. The van der Waals surface area contributed by atoms with Crippen LogP contribution in [0.25, 0.3) is 10.2 Å². The first-order valence-electron chi connectivity index (χ1n) is 6.57. The number of anilines is 1. The van der Waals surface area contributed by atoms with Crippen LogP contribution >= 0.6 is 23.1 Å². The number of nitrogens with one attached hydrogen (secondary N) is 1. The van der Waals surface area contributed by atoms with Crippen molar-refractivity contribution in [2.45, 2.75) is 24.1 Å². The first kappa shape index (κ1) is 15.3. The van der Waals surface area contributed by atoms with Crippen LogP contribution in [0.3, 0.4) is 0 Å². The molecule has 0 radical (unpaired) electrons. The van der Waals surface area contributed by atoms with E-state index >= 15 is 0 Å². The molecule has 4 nitrogen and oxygen atoms in total. The largest absolute Gasteiger partial charge is 0.330 e. The quantitative estimate of drug-likeness (QED) is 0.803. The first-order chi connectivity index (χ1) is 9.62. The molecule has 1 unspecified atom stereocenters. The van der Waals surface area contributed by atoms with Gasteiger partial charge in [-0.1, -0.05) is 18.7 Å². The van der Waals surface area contributed by atoms with Crippen molar-refractivity contribution in [1.82, 2.24) is 4.98 Å². The smallest absolute Gasteiger partial charge is 0.224 e. The predicted octanol–water partition coefficient (Wildman–Crippen LogP) is 3.33. The minimum atomic E-state index is 0.0410. The Morgan fingerprint density at radius 1 is 1.55 bits per heavy atom. The summed E-state index contributed by atoms with van der Waals surface area (Å²) in [5.74, 6) is 0.424. The van der Waals surface area contributed by atoms with E-state index in [1.165, 1.54) is 0 Å². The number of nitrogens with zero attached hydrogens (tertiary/aromatic N) is 1. The standard InChI is InChI=1S/C14H19N3OS2/c1-9(8-15)3-6-13(18)16-10-4-5-11-12(7-10)20-14(17-11)19-2/h4-5,7,9H,3,6,8,15H2,1-2H3,(H,16,18). The fraction of sp³-hybridized carbons (Fsp3) is 0.429. The zero-order valence-corrected chi connectivity index (χ0v) is 13.3. The van der Waals surface area contributed by atoms with Crippen LogP contribution in [0, 0.1) is 5.92 Å². The van der Waals surface area contributed by atoms with E-state index in [0.29, 0.717) is 18.9 Å². The lowest BCUT2D eigenvalue weighted by molar-refractivity contribution is -0.116. The van der Waals surface area contributed by atoms with Gasteiger partial charge in [0.25, 0.3) is 0 Å². The molecule has 20 heavy (non-hydrogen) atoms. The average molecular weight is 309 g/mol. The number of hydrogen-bond acceptors (Lipinski definition) is 5. The first-order valence-corrected chi connectivity index (χ1v) is 8.61. The third-order valence-electron chi connectivity index (χ3n) is 3.09. The van der Waals surface area contributed by atoms with Crippen molar-refractivity contribution in [2.75, 3.05) is 18.1 Å². The van der Waals surface area contributed by atoms with Gasteiger partial charge in [0, 0.05) is 12.1 Å². The topological polar surface area (TPSA) is 68.0 Å². The fourth-order valence-corrected chi connectivity index (χ4v) is 3.32. The van der Waals surface area contributed by atoms with Gasteiger partial charge in [-0.15, -0.1) is 11.3 Å². The maximum Gasteiger partial charge on any atom is 0.224 e. The van der Waals surface area contributed by atoms with Crippen molar-refractivity contribution in [3.63, 3.8) is 0 Å². The van der Waals surface area contributed by atoms with Gasteiger partial charge in [-0.05, 0) is 43.3 Å². The van der Waals surface area contributed by atoms with Crippen LogP contribution in [0.1, 0.15) is 19.8 Å². The minimum absolute atomic E-state index is 0.0410. The van der Waals surface area contributed by atoms with Crippen molar-refractivity contribution in [1.29, 1.82) is 0 Å². The summed E-state index contributed by atoms with van der Waals surface area (Å²) >= 11 is 3.28. The summed E-state index contributed by atoms with van der Waals surface area (Å²) < 4.78 is 2.14. The van der Waals surface area contributed by atoms with Crippen molar-refractivity contribution < 1.29 is 4.79 Å². The third kappa shape index (κ3) is 3.94. The Balaban J connectivity index is 2.00. The third-order valence-corrected chi connectivity index (χ3v) is 5.10. The molecule has 0 bridgehead atoms. The molecular formula is C14H19N3OS2. The van der Waals surface area contributed by atoms with Gasteiger partial charge in [0.05, 0.1) is 10.2 Å². The Morgan fingerprint density at radius 2 is 2.35 bits per heavy atom. The van der Waals surface area contributed by atoms with Crippen LogP contribution < -0.4 is 11.1 Å². The molecule has 0 aliphatic heterocycles. The number of fused-ring (bicyclic) bond motifs is 1. The lowest BCUT2D eigenvalue weighted by Crippen LogP contribution is -2.16. The van der Waals surface area contributed by atoms with Crippen molar-refractivity contribution in [3.05, 3.63) is 18.2 Å². The summed E-state index contributed by atoms with van der Waals surface area (Å²) in [6, 6.07) is 5.83. The number of aromatic nitrogens is 1. The Kier molecular flexibility index (Phi) is 5.39. The second kappa shape index (κ2) is 7.06. The molecule has 1 heterocycles. The zero-order valence-electron chi connectivity index (χ0n) is 11.7. The molecule has 1 atom stereocenters. The molecule has 0 aliphatic rings. The number of thioether (sulfide) groups is 1. The summed E-state index contributed by atoms with van der Waals surface area (Å²) in [5.41, 5.74) is 7.36. The molecule has 1 aromatic carbocycles.